The Bertz CT molecular complexity index is 388. The highest BCUT2D eigenvalue weighted by molar-refractivity contribution is 9.10. The van der Waals surface area contributed by atoms with E-state index >= 15 is 0 Å². The van der Waals surface area contributed by atoms with Crippen LogP contribution in [0.1, 0.15) is 31.2 Å². The second-order valence-electron chi connectivity index (χ2n) is 4.86. The van der Waals surface area contributed by atoms with Crippen molar-refractivity contribution in [1.29, 1.82) is 0 Å². The third-order valence-electron chi connectivity index (χ3n) is 3.22. The Balaban J connectivity index is 1.68. The van der Waals surface area contributed by atoms with Gasteiger partial charge in [0, 0.05) is 26.2 Å². The Hall–Kier alpha value is -0.390. The van der Waals surface area contributed by atoms with Crippen molar-refractivity contribution < 1.29 is 4.74 Å². The second-order valence-corrected chi connectivity index (χ2v) is 5.65. The van der Waals surface area contributed by atoms with Crippen molar-refractivity contribution in [3.8, 4) is 0 Å². The van der Waals surface area contributed by atoms with Crippen molar-refractivity contribution in [2.24, 2.45) is 5.92 Å². The van der Waals surface area contributed by atoms with Crippen LogP contribution in [0.2, 0.25) is 0 Å². The fraction of sp³-hybridized carbons (Fsp3) is 0.769. The van der Waals surface area contributed by atoms with Gasteiger partial charge in [-0.3, -0.25) is 4.68 Å². The van der Waals surface area contributed by atoms with Crippen molar-refractivity contribution in [1.82, 2.24) is 15.1 Å². The van der Waals surface area contributed by atoms with Crippen LogP contribution in [-0.4, -0.2) is 29.5 Å². The summed E-state index contributed by atoms with van der Waals surface area (Å²) in [5, 5.41) is 7.88. The van der Waals surface area contributed by atoms with Crippen molar-refractivity contribution in [2.45, 2.75) is 39.8 Å². The minimum atomic E-state index is 0.799. The van der Waals surface area contributed by atoms with E-state index in [-0.39, 0.29) is 0 Å². The zero-order valence-electron chi connectivity index (χ0n) is 11.2. The molecule has 5 heteroatoms. The van der Waals surface area contributed by atoms with Gasteiger partial charge in [0.2, 0.25) is 0 Å². The number of hydrogen-bond donors (Lipinski definition) is 1. The van der Waals surface area contributed by atoms with E-state index < -0.39 is 0 Å². The van der Waals surface area contributed by atoms with Gasteiger partial charge in [-0.25, -0.2) is 0 Å². The summed E-state index contributed by atoms with van der Waals surface area (Å²) >= 11 is 3.60. The molecule has 1 saturated carbocycles. The first-order chi connectivity index (χ1) is 8.72. The summed E-state index contributed by atoms with van der Waals surface area (Å²) in [6, 6.07) is 0. The lowest BCUT2D eigenvalue weighted by Gasteiger charge is -2.08. The first-order valence-corrected chi connectivity index (χ1v) is 7.52. The fourth-order valence-electron chi connectivity index (χ4n) is 1.92. The van der Waals surface area contributed by atoms with Crippen molar-refractivity contribution >= 4 is 15.9 Å². The number of aryl methyl sites for hydroxylation is 2. The van der Waals surface area contributed by atoms with Crippen LogP contribution in [0.4, 0.5) is 0 Å². The van der Waals surface area contributed by atoms with Gasteiger partial charge in [0.1, 0.15) is 0 Å². The Morgan fingerprint density at radius 3 is 2.94 bits per heavy atom. The average molecular weight is 316 g/mol. The molecule has 0 radical (unpaired) electrons. The first kappa shape index (κ1) is 14.0. The van der Waals surface area contributed by atoms with Gasteiger partial charge in [0.15, 0.2) is 0 Å². The van der Waals surface area contributed by atoms with Crippen molar-refractivity contribution in [3.63, 3.8) is 0 Å². The fourth-order valence-corrected chi connectivity index (χ4v) is 2.35. The van der Waals surface area contributed by atoms with E-state index in [2.05, 4.69) is 33.3 Å². The summed E-state index contributed by atoms with van der Waals surface area (Å²) in [5.74, 6) is 0.850. The number of ether oxygens (including phenoxy) is 1. The average Bonchev–Trinajstić information content (AvgIpc) is 3.14. The Kier molecular flexibility index (Phi) is 5.21. The Morgan fingerprint density at radius 1 is 1.50 bits per heavy atom. The highest BCUT2D eigenvalue weighted by Gasteiger charge is 2.20. The molecule has 4 nitrogen and oxygen atoms in total. The van der Waals surface area contributed by atoms with Crippen LogP contribution >= 0.6 is 15.9 Å². The highest BCUT2D eigenvalue weighted by atomic mass is 79.9. The van der Waals surface area contributed by atoms with E-state index in [1.165, 1.54) is 18.5 Å². The molecule has 1 N–H and O–H groups in total. The Labute approximate surface area is 117 Å². The van der Waals surface area contributed by atoms with Crippen LogP contribution < -0.4 is 5.32 Å². The van der Waals surface area contributed by atoms with Crippen LogP contribution in [0.15, 0.2) is 4.47 Å². The predicted octanol–water partition coefficient (Wildman–Crippen LogP) is 2.49. The summed E-state index contributed by atoms with van der Waals surface area (Å²) in [6.45, 7) is 8.52. The SMILES string of the molecule is CCn1nc(C)c(Br)c1CNCCOCC1CC1. The van der Waals surface area contributed by atoms with Gasteiger partial charge in [0.05, 0.1) is 22.5 Å². The molecule has 0 aliphatic heterocycles. The van der Waals surface area contributed by atoms with E-state index in [0.717, 1.165) is 48.9 Å². The third kappa shape index (κ3) is 3.80. The lowest BCUT2D eigenvalue weighted by Crippen LogP contribution is -2.21. The van der Waals surface area contributed by atoms with Crippen LogP contribution in [0.25, 0.3) is 0 Å². The zero-order chi connectivity index (χ0) is 13.0. The lowest BCUT2D eigenvalue weighted by molar-refractivity contribution is 0.126. The maximum Gasteiger partial charge on any atom is 0.0739 e. The molecule has 1 aromatic rings. The molecule has 0 bridgehead atoms. The molecule has 1 aliphatic rings. The molecule has 1 aliphatic carbocycles. The molecule has 1 aromatic heterocycles. The molecule has 0 amide bonds. The highest BCUT2D eigenvalue weighted by Crippen LogP contribution is 2.28. The van der Waals surface area contributed by atoms with E-state index in [0.29, 0.717) is 0 Å². The van der Waals surface area contributed by atoms with Crippen molar-refractivity contribution in [2.75, 3.05) is 19.8 Å². The topological polar surface area (TPSA) is 39.1 Å². The number of nitrogens with one attached hydrogen (secondary N) is 1. The van der Waals surface area contributed by atoms with Gasteiger partial charge in [0.25, 0.3) is 0 Å². The van der Waals surface area contributed by atoms with Crippen LogP contribution in [0.3, 0.4) is 0 Å². The lowest BCUT2D eigenvalue weighted by atomic mass is 10.3. The smallest absolute Gasteiger partial charge is 0.0739 e. The van der Waals surface area contributed by atoms with Gasteiger partial charge >= 0.3 is 0 Å². The van der Waals surface area contributed by atoms with Crippen LogP contribution in [0, 0.1) is 12.8 Å². The minimum absolute atomic E-state index is 0.799. The number of halogens is 1. The predicted molar refractivity (Wildman–Crippen MR) is 75.6 cm³/mol. The first-order valence-electron chi connectivity index (χ1n) is 6.72. The number of aromatic nitrogens is 2. The minimum Gasteiger partial charge on any atom is -0.380 e. The van der Waals surface area contributed by atoms with E-state index in [9.17, 15) is 0 Å². The summed E-state index contributed by atoms with van der Waals surface area (Å²) in [4.78, 5) is 0. The molecule has 2 rings (SSSR count). The normalized spacial score (nSPS) is 15.3. The molecule has 102 valence electrons. The molecule has 1 fully saturated rings. The van der Waals surface area contributed by atoms with Gasteiger partial charge in [-0.2, -0.15) is 5.10 Å². The molecular weight excluding hydrogens is 294 g/mol. The molecule has 0 unspecified atom stereocenters. The number of hydrogen-bond acceptors (Lipinski definition) is 3. The van der Waals surface area contributed by atoms with E-state index in [1.807, 2.05) is 11.6 Å². The van der Waals surface area contributed by atoms with E-state index in [1.54, 1.807) is 0 Å². The summed E-state index contributed by atoms with van der Waals surface area (Å²) in [7, 11) is 0. The molecular formula is C13H22BrN3O. The van der Waals surface area contributed by atoms with Gasteiger partial charge < -0.3 is 10.1 Å². The summed E-state index contributed by atoms with van der Waals surface area (Å²) < 4.78 is 8.75. The van der Waals surface area contributed by atoms with E-state index in [4.69, 9.17) is 4.74 Å². The molecule has 0 spiro atoms. The maximum atomic E-state index is 5.59. The van der Waals surface area contributed by atoms with Gasteiger partial charge in [-0.1, -0.05) is 0 Å². The molecule has 18 heavy (non-hydrogen) atoms. The quantitative estimate of drug-likeness (QED) is 0.749. The monoisotopic (exact) mass is 315 g/mol. The van der Waals surface area contributed by atoms with Crippen LogP contribution in [0.5, 0.6) is 0 Å². The molecule has 0 aromatic carbocycles. The van der Waals surface area contributed by atoms with Gasteiger partial charge in [-0.05, 0) is 48.5 Å². The maximum absolute atomic E-state index is 5.59. The molecule has 1 heterocycles. The molecule has 0 atom stereocenters. The summed E-state index contributed by atoms with van der Waals surface area (Å²) in [6.07, 6.45) is 2.71. The molecule has 0 saturated heterocycles. The van der Waals surface area contributed by atoms with Crippen molar-refractivity contribution in [3.05, 3.63) is 15.9 Å². The van der Waals surface area contributed by atoms with Crippen LogP contribution in [-0.2, 0) is 17.8 Å². The number of nitrogens with zero attached hydrogens (tertiary/aromatic N) is 2. The van der Waals surface area contributed by atoms with Gasteiger partial charge in [-0.15, -0.1) is 0 Å². The third-order valence-corrected chi connectivity index (χ3v) is 4.25. The second kappa shape index (κ2) is 6.68. The number of rotatable bonds is 8. The standard InChI is InChI=1S/C13H22BrN3O/c1-3-17-12(13(14)10(2)16-17)8-15-6-7-18-9-11-4-5-11/h11,15H,3-9H2,1-2H3. The largest absolute Gasteiger partial charge is 0.380 e. The Morgan fingerprint density at radius 2 is 2.28 bits per heavy atom. The zero-order valence-corrected chi connectivity index (χ0v) is 12.8. The summed E-state index contributed by atoms with van der Waals surface area (Å²) in [5.41, 5.74) is 2.27.